The number of hydrogen-bond donors (Lipinski definition) is 1. The Labute approximate surface area is 266 Å². The molecule has 1 unspecified atom stereocenters. The van der Waals surface area contributed by atoms with Crippen molar-refractivity contribution in [2.24, 2.45) is 5.92 Å². The Bertz CT molecular complexity index is 1680. The van der Waals surface area contributed by atoms with E-state index >= 15 is 0 Å². The number of ether oxygens (including phenoxy) is 1. The Kier molecular flexibility index (Phi) is 11.4. The highest BCUT2D eigenvalue weighted by molar-refractivity contribution is 7.92. The van der Waals surface area contributed by atoms with E-state index in [-0.39, 0.29) is 29.7 Å². The number of nitrogens with one attached hydrogen (secondary N) is 1. The zero-order valence-corrected chi connectivity index (χ0v) is 27.0. The van der Waals surface area contributed by atoms with Gasteiger partial charge in [0, 0.05) is 19.5 Å². The van der Waals surface area contributed by atoms with Crippen LogP contribution in [0.4, 0.5) is 5.69 Å². The lowest BCUT2D eigenvalue weighted by Gasteiger charge is -2.34. The number of aryl methyl sites for hydroxylation is 1. The number of para-hydroxylation sites is 1. The van der Waals surface area contributed by atoms with Crippen molar-refractivity contribution in [3.8, 4) is 5.75 Å². The van der Waals surface area contributed by atoms with E-state index in [1.807, 2.05) is 68.4 Å². The monoisotopic (exact) mass is 627 g/mol. The van der Waals surface area contributed by atoms with Crippen LogP contribution in [0.15, 0.2) is 114 Å². The van der Waals surface area contributed by atoms with Crippen molar-refractivity contribution < 1.29 is 22.7 Å². The second-order valence-corrected chi connectivity index (χ2v) is 13.2. The van der Waals surface area contributed by atoms with Gasteiger partial charge < -0.3 is 15.0 Å². The van der Waals surface area contributed by atoms with Gasteiger partial charge in [-0.1, -0.05) is 92.7 Å². The summed E-state index contributed by atoms with van der Waals surface area (Å²) in [5.74, 6) is -0.0169. The van der Waals surface area contributed by atoms with E-state index in [2.05, 4.69) is 5.32 Å². The van der Waals surface area contributed by atoms with Crippen LogP contribution in [0.1, 0.15) is 30.5 Å². The molecule has 0 aliphatic rings. The molecule has 4 aromatic rings. The van der Waals surface area contributed by atoms with Crippen LogP contribution in [0.2, 0.25) is 0 Å². The average Bonchev–Trinajstić information content (AvgIpc) is 3.05. The first-order valence-electron chi connectivity index (χ1n) is 15.0. The minimum Gasteiger partial charge on any atom is -0.497 e. The van der Waals surface area contributed by atoms with Crippen LogP contribution in [0.3, 0.4) is 0 Å². The molecule has 0 heterocycles. The fourth-order valence-corrected chi connectivity index (χ4v) is 6.52. The van der Waals surface area contributed by atoms with Crippen LogP contribution in [-0.4, -0.2) is 51.4 Å². The molecular weight excluding hydrogens is 586 g/mol. The first-order chi connectivity index (χ1) is 21.6. The molecular formula is C36H41N3O5S. The van der Waals surface area contributed by atoms with Gasteiger partial charge in [0.25, 0.3) is 10.0 Å². The third-order valence-corrected chi connectivity index (χ3v) is 9.21. The van der Waals surface area contributed by atoms with Crippen molar-refractivity contribution in [1.29, 1.82) is 0 Å². The fourth-order valence-electron chi connectivity index (χ4n) is 5.02. The zero-order chi connectivity index (χ0) is 32.4. The van der Waals surface area contributed by atoms with Gasteiger partial charge >= 0.3 is 0 Å². The molecule has 0 saturated heterocycles. The molecule has 0 aliphatic heterocycles. The van der Waals surface area contributed by atoms with Crippen molar-refractivity contribution in [1.82, 2.24) is 10.2 Å². The second kappa shape index (κ2) is 15.4. The summed E-state index contributed by atoms with van der Waals surface area (Å²) in [5.41, 5.74) is 2.70. The normalized spacial score (nSPS) is 11.9. The van der Waals surface area contributed by atoms with Crippen molar-refractivity contribution in [3.05, 3.63) is 126 Å². The number of methoxy groups -OCH3 is 1. The lowest BCUT2D eigenvalue weighted by Crippen LogP contribution is -2.53. The van der Waals surface area contributed by atoms with E-state index in [1.54, 1.807) is 56.5 Å². The summed E-state index contributed by atoms with van der Waals surface area (Å²) in [6.45, 7) is 5.80. The molecule has 0 aromatic heterocycles. The van der Waals surface area contributed by atoms with Gasteiger partial charge in [-0.3, -0.25) is 13.9 Å². The number of sulfonamides is 1. The minimum atomic E-state index is -4.15. The Balaban J connectivity index is 1.81. The number of hydrogen-bond acceptors (Lipinski definition) is 5. The summed E-state index contributed by atoms with van der Waals surface area (Å²) in [7, 11) is -2.59. The van der Waals surface area contributed by atoms with Crippen LogP contribution in [0, 0.1) is 12.8 Å². The first-order valence-corrected chi connectivity index (χ1v) is 16.4. The number of carbonyl (C=O) groups excluding carboxylic acids is 2. The molecule has 45 heavy (non-hydrogen) atoms. The Morgan fingerprint density at radius 3 is 2.09 bits per heavy atom. The van der Waals surface area contributed by atoms with E-state index < -0.39 is 28.5 Å². The van der Waals surface area contributed by atoms with Crippen LogP contribution in [0.25, 0.3) is 0 Å². The topological polar surface area (TPSA) is 96.0 Å². The Hall–Kier alpha value is -4.63. The van der Waals surface area contributed by atoms with Crippen molar-refractivity contribution in [3.63, 3.8) is 0 Å². The van der Waals surface area contributed by atoms with Crippen LogP contribution >= 0.6 is 0 Å². The van der Waals surface area contributed by atoms with Crippen molar-refractivity contribution >= 4 is 27.5 Å². The summed E-state index contributed by atoms with van der Waals surface area (Å²) in [6, 6.07) is 31.0. The van der Waals surface area contributed by atoms with Crippen molar-refractivity contribution in [2.45, 2.75) is 44.7 Å². The molecule has 1 atom stereocenters. The molecule has 0 radical (unpaired) electrons. The average molecular weight is 628 g/mol. The highest BCUT2D eigenvalue weighted by atomic mass is 32.2. The van der Waals surface area contributed by atoms with Gasteiger partial charge in [0.1, 0.15) is 18.3 Å². The standard InChI is InChI=1S/C36H41N3O5S/c1-27(2)24-37-36(41)34(23-29-15-7-5-8-16-29)38(25-30-17-13-18-31(22-30)44-4)35(40)26-39(33-21-12-11-14-28(33)3)45(42,43)32-19-9-6-10-20-32/h5-22,27,34H,23-26H2,1-4H3,(H,37,41). The number of nitrogens with zero attached hydrogens (tertiary/aromatic N) is 2. The van der Waals surface area contributed by atoms with E-state index in [1.165, 1.54) is 17.0 Å². The number of carbonyl (C=O) groups is 2. The van der Waals surface area contributed by atoms with Gasteiger partial charge in [0.05, 0.1) is 17.7 Å². The van der Waals surface area contributed by atoms with E-state index in [0.717, 1.165) is 15.4 Å². The highest BCUT2D eigenvalue weighted by Crippen LogP contribution is 2.28. The minimum absolute atomic E-state index is 0.0651. The van der Waals surface area contributed by atoms with Gasteiger partial charge in [-0.15, -0.1) is 0 Å². The third-order valence-electron chi connectivity index (χ3n) is 7.44. The lowest BCUT2D eigenvalue weighted by molar-refractivity contribution is -0.140. The molecule has 0 bridgehead atoms. The molecule has 8 nitrogen and oxygen atoms in total. The molecule has 4 rings (SSSR count). The molecule has 0 saturated carbocycles. The molecule has 4 aromatic carbocycles. The van der Waals surface area contributed by atoms with Gasteiger partial charge in [-0.2, -0.15) is 0 Å². The summed E-state index contributed by atoms with van der Waals surface area (Å²) < 4.78 is 34.8. The van der Waals surface area contributed by atoms with Crippen molar-refractivity contribution in [2.75, 3.05) is 24.5 Å². The summed E-state index contributed by atoms with van der Waals surface area (Å²) in [5, 5.41) is 3.01. The fraction of sp³-hybridized carbons (Fsp3) is 0.278. The Morgan fingerprint density at radius 1 is 0.822 bits per heavy atom. The molecule has 2 amide bonds. The largest absolute Gasteiger partial charge is 0.497 e. The predicted molar refractivity (Wildman–Crippen MR) is 177 cm³/mol. The second-order valence-electron chi connectivity index (χ2n) is 11.3. The van der Waals surface area contributed by atoms with Gasteiger partial charge in [-0.05, 0) is 59.9 Å². The lowest BCUT2D eigenvalue weighted by atomic mass is 10.0. The quantitative estimate of drug-likeness (QED) is 0.196. The third kappa shape index (κ3) is 8.73. The van der Waals surface area contributed by atoms with Gasteiger partial charge in [0.2, 0.25) is 11.8 Å². The predicted octanol–water partition coefficient (Wildman–Crippen LogP) is 5.61. The maximum atomic E-state index is 14.6. The van der Waals surface area contributed by atoms with Crippen LogP contribution in [0.5, 0.6) is 5.75 Å². The van der Waals surface area contributed by atoms with Crippen LogP contribution in [-0.2, 0) is 32.6 Å². The van der Waals surface area contributed by atoms with Crippen LogP contribution < -0.4 is 14.4 Å². The van der Waals surface area contributed by atoms with Gasteiger partial charge in [0.15, 0.2) is 0 Å². The van der Waals surface area contributed by atoms with Gasteiger partial charge in [-0.25, -0.2) is 8.42 Å². The number of anilines is 1. The maximum Gasteiger partial charge on any atom is 0.264 e. The number of amides is 2. The molecule has 0 aliphatic carbocycles. The molecule has 0 fully saturated rings. The highest BCUT2D eigenvalue weighted by Gasteiger charge is 2.35. The smallest absolute Gasteiger partial charge is 0.264 e. The summed E-state index contributed by atoms with van der Waals surface area (Å²) in [4.78, 5) is 30.0. The van der Waals surface area contributed by atoms with E-state index in [9.17, 15) is 18.0 Å². The molecule has 0 spiro atoms. The zero-order valence-electron chi connectivity index (χ0n) is 26.2. The summed E-state index contributed by atoms with van der Waals surface area (Å²) >= 11 is 0. The molecule has 236 valence electrons. The first kappa shape index (κ1) is 33.3. The van der Waals surface area contributed by atoms with E-state index in [0.29, 0.717) is 23.5 Å². The SMILES string of the molecule is COc1cccc(CN(C(=O)CN(c2ccccc2C)S(=O)(=O)c2ccccc2)C(Cc2ccccc2)C(=O)NCC(C)C)c1. The van der Waals surface area contributed by atoms with E-state index in [4.69, 9.17) is 4.74 Å². The molecule has 9 heteroatoms. The number of rotatable bonds is 14. The maximum absolute atomic E-state index is 14.6. The summed E-state index contributed by atoms with van der Waals surface area (Å²) in [6.07, 6.45) is 0.246. The Morgan fingerprint density at radius 2 is 1.44 bits per heavy atom. The number of benzene rings is 4. The molecule has 1 N–H and O–H groups in total.